The molecule has 0 bridgehead atoms. The molecule has 0 aliphatic rings. The van der Waals surface area contributed by atoms with Gasteiger partial charge in [0, 0.05) is 29.7 Å². The number of aryl methyl sites for hydroxylation is 1. The zero-order valence-electron chi connectivity index (χ0n) is 19.1. The first-order chi connectivity index (χ1) is 16.2. The summed E-state index contributed by atoms with van der Waals surface area (Å²) in [7, 11) is 0. The predicted octanol–water partition coefficient (Wildman–Crippen LogP) is 4.69. The number of pyridine rings is 1. The number of nitrogens with zero attached hydrogens (tertiary/aromatic N) is 5. The van der Waals surface area contributed by atoms with E-state index in [-0.39, 0.29) is 5.91 Å². The van der Waals surface area contributed by atoms with Crippen LogP contribution in [-0.2, 0) is 4.74 Å². The number of rotatable bonds is 5. The number of benzene rings is 1. The van der Waals surface area contributed by atoms with Crippen molar-refractivity contribution in [2.45, 2.75) is 33.3 Å². The lowest BCUT2D eigenvalue weighted by Gasteiger charge is -2.19. The zero-order valence-corrected chi connectivity index (χ0v) is 19.9. The van der Waals surface area contributed by atoms with Gasteiger partial charge in [0.15, 0.2) is 0 Å². The second-order valence-corrected chi connectivity index (χ2v) is 9.14. The molecule has 2 N–H and O–H groups in total. The fraction of sp³-hybridized carbons (Fsp3) is 0.217. The van der Waals surface area contributed by atoms with Gasteiger partial charge in [0.2, 0.25) is 0 Å². The minimum Gasteiger partial charge on any atom is -0.444 e. The molecule has 0 fully saturated rings. The van der Waals surface area contributed by atoms with Gasteiger partial charge in [0.1, 0.15) is 16.3 Å². The number of carbonyl (C=O) groups excluding carboxylic acids is 2. The molecule has 4 aromatic rings. The van der Waals surface area contributed by atoms with Crippen molar-refractivity contribution in [3.8, 4) is 16.9 Å². The smallest absolute Gasteiger partial charge is 0.413 e. The lowest BCUT2D eigenvalue weighted by molar-refractivity contribution is 0.0634. The van der Waals surface area contributed by atoms with E-state index < -0.39 is 11.7 Å². The minimum atomic E-state index is -0.646. The lowest BCUT2D eigenvalue weighted by atomic mass is 10.2. The maximum Gasteiger partial charge on any atom is 0.413 e. The minimum absolute atomic E-state index is 0.273. The number of nitrogens with one attached hydrogen (secondary N) is 2. The molecule has 2 amide bonds. The van der Waals surface area contributed by atoms with Crippen LogP contribution in [-0.4, -0.2) is 42.0 Å². The monoisotopic (exact) mass is 477 g/mol. The number of anilines is 2. The maximum absolute atomic E-state index is 12.4. The van der Waals surface area contributed by atoms with Gasteiger partial charge in [-0.2, -0.15) is 5.10 Å². The molecule has 1 aromatic carbocycles. The number of ether oxygens (including phenoxy) is 1. The molecule has 0 unspecified atom stereocenters. The van der Waals surface area contributed by atoms with Crippen molar-refractivity contribution in [3.63, 3.8) is 0 Å². The largest absolute Gasteiger partial charge is 0.444 e. The molecule has 0 radical (unpaired) electrons. The molecule has 0 atom stereocenters. The van der Waals surface area contributed by atoms with Crippen molar-refractivity contribution in [1.29, 1.82) is 0 Å². The summed E-state index contributed by atoms with van der Waals surface area (Å²) in [6.45, 7) is 7.11. The second-order valence-electron chi connectivity index (χ2n) is 8.38. The summed E-state index contributed by atoms with van der Waals surface area (Å²) in [5, 5.41) is 14.1. The highest BCUT2D eigenvalue weighted by Crippen LogP contribution is 2.26. The first-order valence-electron chi connectivity index (χ1n) is 10.4. The van der Waals surface area contributed by atoms with Gasteiger partial charge >= 0.3 is 6.09 Å². The van der Waals surface area contributed by atoms with Crippen molar-refractivity contribution in [3.05, 3.63) is 65.4 Å². The molecule has 3 aromatic heterocycles. The van der Waals surface area contributed by atoms with Crippen LogP contribution in [0.3, 0.4) is 0 Å². The molecular formula is C23H23N7O3S. The van der Waals surface area contributed by atoms with Gasteiger partial charge in [-0.3, -0.25) is 15.1 Å². The Bertz CT molecular complexity index is 1310. The quantitative estimate of drug-likeness (QED) is 0.427. The van der Waals surface area contributed by atoms with Crippen LogP contribution in [0, 0.1) is 6.92 Å². The molecule has 11 heteroatoms. The Morgan fingerprint density at radius 1 is 1.09 bits per heavy atom. The third-order valence-corrected chi connectivity index (χ3v) is 5.35. The number of aromatic nitrogens is 5. The van der Waals surface area contributed by atoms with Crippen LogP contribution in [0.15, 0.2) is 54.9 Å². The third-order valence-electron chi connectivity index (χ3n) is 4.52. The van der Waals surface area contributed by atoms with E-state index in [0.717, 1.165) is 17.1 Å². The SMILES string of the molecule is Cc1nnsc1C(=O)Nc1ccc(-n2nc(-c3cccnc3)cc2NC(=O)OC(C)(C)C)cc1. The molecule has 3 heterocycles. The van der Waals surface area contributed by atoms with Gasteiger partial charge < -0.3 is 10.1 Å². The van der Waals surface area contributed by atoms with Crippen molar-refractivity contribution < 1.29 is 14.3 Å². The average molecular weight is 478 g/mol. The topological polar surface area (TPSA) is 124 Å². The highest BCUT2D eigenvalue weighted by Gasteiger charge is 2.20. The Balaban J connectivity index is 1.61. The van der Waals surface area contributed by atoms with Crippen LogP contribution >= 0.6 is 11.5 Å². The van der Waals surface area contributed by atoms with Crippen LogP contribution in [0.5, 0.6) is 0 Å². The molecule has 10 nitrogen and oxygen atoms in total. The van der Waals surface area contributed by atoms with E-state index in [1.807, 2.05) is 12.1 Å². The molecular weight excluding hydrogens is 454 g/mol. The summed E-state index contributed by atoms with van der Waals surface area (Å²) in [6, 6.07) is 12.5. The van der Waals surface area contributed by atoms with Gasteiger partial charge in [-0.05, 0) is 75.6 Å². The van der Waals surface area contributed by atoms with Gasteiger partial charge in [-0.25, -0.2) is 9.48 Å². The number of hydrogen-bond acceptors (Lipinski definition) is 8. The lowest BCUT2D eigenvalue weighted by Crippen LogP contribution is -2.27. The maximum atomic E-state index is 12.4. The highest BCUT2D eigenvalue weighted by molar-refractivity contribution is 7.08. The molecule has 0 saturated carbocycles. The molecule has 174 valence electrons. The number of hydrogen-bond donors (Lipinski definition) is 2. The first-order valence-corrected chi connectivity index (χ1v) is 11.2. The Hall–Kier alpha value is -4.12. The molecule has 0 spiro atoms. The van der Waals surface area contributed by atoms with E-state index in [4.69, 9.17) is 4.74 Å². The van der Waals surface area contributed by atoms with Crippen molar-refractivity contribution in [1.82, 2.24) is 24.4 Å². The second kappa shape index (κ2) is 9.40. The van der Waals surface area contributed by atoms with E-state index in [9.17, 15) is 9.59 Å². The Kier molecular flexibility index (Phi) is 6.37. The van der Waals surface area contributed by atoms with Gasteiger partial charge in [-0.1, -0.05) is 4.49 Å². The third kappa shape index (κ3) is 5.44. The molecule has 4 rings (SSSR count). The van der Waals surface area contributed by atoms with Crippen LogP contribution in [0.4, 0.5) is 16.3 Å². The van der Waals surface area contributed by atoms with E-state index in [1.165, 1.54) is 0 Å². The summed E-state index contributed by atoms with van der Waals surface area (Å²) < 4.78 is 10.8. The van der Waals surface area contributed by atoms with Crippen LogP contribution in [0.25, 0.3) is 16.9 Å². The van der Waals surface area contributed by atoms with Gasteiger partial charge in [0.05, 0.1) is 17.1 Å². The van der Waals surface area contributed by atoms with Gasteiger partial charge in [0.25, 0.3) is 5.91 Å². The average Bonchev–Trinajstić information content (AvgIpc) is 3.40. The fourth-order valence-electron chi connectivity index (χ4n) is 3.04. The molecule has 34 heavy (non-hydrogen) atoms. The summed E-state index contributed by atoms with van der Waals surface area (Å²) in [5.41, 5.74) is 2.64. The molecule has 0 aliphatic heterocycles. The normalized spacial score (nSPS) is 11.2. The van der Waals surface area contributed by atoms with E-state index in [2.05, 4.69) is 30.3 Å². The zero-order chi connectivity index (χ0) is 24.3. The van der Waals surface area contributed by atoms with E-state index >= 15 is 0 Å². The number of carbonyl (C=O) groups is 2. The van der Waals surface area contributed by atoms with Crippen LogP contribution < -0.4 is 10.6 Å². The highest BCUT2D eigenvalue weighted by atomic mass is 32.1. The first kappa shape index (κ1) is 23.1. The predicted molar refractivity (Wildman–Crippen MR) is 129 cm³/mol. The van der Waals surface area contributed by atoms with Crippen molar-refractivity contribution >= 4 is 35.0 Å². The number of amides is 2. The van der Waals surface area contributed by atoms with Crippen LogP contribution in [0.1, 0.15) is 36.1 Å². The van der Waals surface area contributed by atoms with E-state index in [0.29, 0.717) is 33.5 Å². The van der Waals surface area contributed by atoms with Gasteiger partial charge in [-0.15, -0.1) is 5.10 Å². The molecule has 0 saturated heterocycles. The summed E-state index contributed by atoms with van der Waals surface area (Å²) in [6.07, 6.45) is 2.78. The van der Waals surface area contributed by atoms with Crippen LogP contribution in [0.2, 0.25) is 0 Å². The Morgan fingerprint density at radius 2 is 1.85 bits per heavy atom. The summed E-state index contributed by atoms with van der Waals surface area (Å²) in [5.74, 6) is 0.154. The summed E-state index contributed by atoms with van der Waals surface area (Å²) in [4.78, 5) is 29.5. The van der Waals surface area contributed by atoms with Crippen molar-refractivity contribution in [2.75, 3.05) is 10.6 Å². The Labute approximate surface area is 200 Å². The molecule has 0 aliphatic carbocycles. The van der Waals surface area contributed by atoms with Crippen molar-refractivity contribution in [2.24, 2.45) is 0 Å². The summed E-state index contributed by atoms with van der Waals surface area (Å²) >= 11 is 1.04. The standard InChI is InChI=1S/C23H23N7O3S/c1-14-20(34-29-27-14)21(31)25-16-7-9-17(10-8-16)30-19(26-22(32)33-23(2,3)4)12-18(28-30)15-6-5-11-24-13-15/h5-13H,1-4H3,(H,25,31)(H,26,32). The fourth-order valence-corrected chi connectivity index (χ4v) is 3.60. The Morgan fingerprint density at radius 3 is 2.47 bits per heavy atom. The van der Waals surface area contributed by atoms with E-state index in [1.54, 1.807) is 75.1 Å².